The Bertz CT molecular complexity index is 481. The van der Waals surface area contributed by atoms with Gasteiger partial charge in [-0.25, -0.2) is 0 Å². The second kappa shape index (κ2) is 9.45. The lowest BCUT2D eigenvalue weighted by atomic mass is 10.2. The van der Waals surface area contributed by atoms with Crippen LogP contribution in [0.2, 0.25) is 0 Å². The maximum absolute atomic E-state index is 12.3. The quantitative estimate of drug-likeness (QED) is 0.457. The Labute approximate surface area is 132 Å². The number of nitrogens with one attached hydrogen (secondary N) is 2. The van der Waals surface area contributed by atoms with Crippen molar-refractivity contribution < 1.29 is 17.9 Å². The van der Waals surface area contributed by atoms with Crippen LogP contribution in [0.25, 0.3) is 0 Å². The Balaban J connectivity index is 2.55. The summed E-state index contributed by atoms with van der Waals surface area (Å²) >= 11 is 1.75. The van der Waals surface area contributed by atoms with E-state index in [0.717, 1.165) is 18.7 Å². The highest BCUT2D eigenvalue weighted by atomic mass is 32.2. The summed E-state index contributed by atoms with van der Waals surface area (Å²) in [6.07, 6.45) is -1.69. The molecule has 1 aromatic carbocycles. The lowest BCUT2D eigenvalue weighted by molar-refractivity contribution is -0.274. The fourth-order valence-electron chi connectivity index (χ4n) is 1.70. The van der Waals surface area contributed by atoms with E-state index in [2.05, 4.69) is 20.4 Å². The molecule has 1 aromatic rings. The van der Waals surface area contributed by atoms with Gasteiger partial charge in [-0.05, 0) is 24.5 Å². The molecule has 0 bridgehead atoms. The maximum Gasteiger partial charge on any atom is 0.573 e. The first-order valence-electron chi connectivity index (χ1n) is 6.73. The summed E-state index contributed by atoms with van der Waals surface area (Å²) in [5.41, 5.74) is 0.409. The van der Waals surface area contributed by atoms with Crippen LogP contribution in [0.5, 0.6) is 5.75 Å². The smallest absolute Gasteiger partial charge is 0.405 e. The molecule has 1 rings (SSSR count). The number of thioether (sulfide) groups is 1. The minimum absolute atomic E-state index is 0.189. The summed E-state index contributed by atoms with van der Waals surface area (Å²) in [6.45, 7) is 0.940. The Morgan fingerprint density at radius 3 is 2.64 bits per heavy atom. The van der Waals surface area contributed by atoms with E-state index in [9.17, 15) is 13.2 Å². The van der Waals surface area contributed by atoms with E-state index < -0.39 is 6.36 Å². The molecular formula is C14H20F3N3OS. The summed E-state index contributed by atoms with van der Waals surface area (Å²) in [6, 6.07) is 6.03. The number of halogens is 3. The van der Waals surface area contributed by atoms with Crippen molar-refractivity contribution in [3.63, 3.8) is 0 Å². The van der Waals surface area contributed by atoms with Crippen LogP contribution in [0, 0.1) is 0 Å². The van der Waals surface area contributed by atoms with Crippen LogP contribution in [0.4, 0.5) is 13.2 Å². The normalized spacial score (nSPS) is 12.1. The molecule has 0 spiro atoms. The Morgan fingerprint density at radius 2 is 2.00 bits per heavy atom. The predicted molar refractivity (Wildman–Crippen MR) is 84.3 cm³/mol. The van der Waals surface area contributed by atoms with Crippen molar-refractivity contribution in [1.82, 2.24) is 10.6 Å². The van der Waals surface area contributed by atoms with Crippen molar-refractivity contribution in [2.75, 3.05) is 25.6 Å². The largest absolute Gasteiger partial charge is 0.573 e. The minimum Gasteiger partial charge on any atom is -0.405 e. The first kappa shape index (κ1) is 18.5. The zero-order valence-electron chi connectivity index (χ0n) is 12.5. The summed E-state index contributed by atoms with van der Waals surface area (Å²) in [5.74, 6) is 1.37. The first-order valence-corrected chi connectivity index (χ1v) is 8.12. The third-order valence-corrected chi connectivity index (χ3v) is 3.38. The van der Waals surface area contributed by atoms with Gasteiger partial charge in [0.25, 0.3) is 0 Å². The second-order valence-electron chi connectivity index (χ2n) is 4.35. The lowest BCUT2D eigenvalue weighted by Crippen LogP contribution is -2.37. The van der Waals surface area contributed by atoms with Gasteiger partial charge in [-0.3, -0.25) is 4.99 Å². The number of aliphatic imine (C=N–C) groups is 1. The van der Waals surface area contributed by atoms with Crippen molar-refractivity contribution in [1.29, 1.82) is 0 Å². The van der Waals surface area contributed by atoms with Gasteiger partial charge in [-0.1, -0.05) is 18.2 Å². The number of rotatable bonds is 7. The molecule has 0 radical (unpaired) electrons. The third-order valence-electron chi connectivity index (χ3n) is 2.69. The molecular weight excluding hydrogens is 315 g/mol. The Hall–Kier alpha value is -1.57. The third kappa shape index (κ3) is 7.44. The average Bonchev–Trinajstić information content (AvgIpc) is 2.46. The van der Waals surface area contributed by atoms with E-state index in [-0.39, 0.29) is 12.3 Å². The number of benzene rings is 1. The Kier molecular flexibility index (Phi) is 7.94. The monoisotopic (exact) mass is 335 g/mol. The molecule has 0 fully saturated rings. The van der Waals surface area contributed by atoms with Crippen LogP contribution in [-0.4, -0.2) is 37.9 Å². The van der Waals surface area contributed by atoms with Gasteiger partial charge in [-0.2, -0.15) is 11.8 Å². The number of para-hydroxylation sites is 1. The van der Waals surface area contributed by atoms with E-state index in [1.807, 2.05) is 6.26 Å². The fraction of sp³-hybridized carbons (Fsp3) is 0.500. The molecule has 0 aliphatic rings. The minimum atomic E-state index is -4.70. The number of alkyl halides is 3. The predicted octanol–water partition coefficient (Wildman–Crippen LogP) is 3.00. The summed E-state index contributed by atoms with van der Waals surface area (Å²) < 4.78 is 41.0. The highest BCUT2D eigenvalue weighted by Crippen LogP contribution is 2.25. The van der Waals surface area contributed by atoms with Gasteiger partial charge in [0.15, 0.2) is 5.96 Å². The summed E-state index contributed by atoms with van der Waals surface area (Å²) in [5, 5.41) is 6.08. The van der Waals surface area contributed by atoms with Crippen molar-refractivity contribution in [2.24, 2.45) is 4.99 Å². The Morgan fingerprint density at radius 1 is 1.27 bits per heavy atom. The molecule has 124 valence electrons. The molecule has 2 N–H and O–H groups in total. The van der Waals surface area contributed by atoms with Crippen LogP contribution in [0.15, 0.2) is 29.3 Å². The zero-order chi connectivity index (χ0) is 16.4. The molecule has 0 saturated heterocycles. The topological polar surface area (TPSA) is 45.7 Å². The molecule has 0 unspecified atom stereocenters. The van der Waals surface area contributed by atoms with Crippen molar-refractivity contribution >= 4 is 17.7 Å². The molecule has 0 amide bonds. The van der Waals surface area contributed by atoms with Gasteiger partial charge in [-0.15, -0.1) is 13.2 Å². The molecule has 0 aromatic heterocycles. The van der Waals surface area contributed by atoms with Crippen LogP contribution in [0.1, 0.15) is 12.0 Å². The zero-order valence-corrected chi connectivity index (χ0v) is 13.4. The molecule has 0 heterocycles. The van der Waals surface area contributed by atoms with E-state index in [4.69, 9.17) is 0 Å². The molecule has 0 aliphatic carbocycles. The van der Waals surface area contributed by atoms with Crippen molar-refractivity contribution in [3.8, 4) is 5.75 Å². The number of hydrogen-bond donors (Lipinski definition) is 2. The van der Waals surface area contributed by atoms with Crippen molar-refractivity contribution in [2.45, 2.75) is 19.3 Å². The van der Waals surface area contributed by atoms with Gasteiger partial charge in [0, 0.05) is 25.7 Å². The highest BCUT2D eigenvalue weighted by Gasteiger charge is 2.31. The molecule has 0 atom stereocenters. The molecule has 0 aliphatic heterocycles. The summed E-state index contributed by atoms with van der Waals surface area (Å²) in [7, 11) is 1.61. The molecule has 4 nitrogen and oxygen atoms in total. The number of guanidine groups is 1. The van der Waals surface area contributed by atoms with Gasteiger partial charge in [0.2, 0.25) is 0 Å². The standard InChI is InChI=1S/C14H20F3N3OS/c1-18-13(19-8-5-9-22-2)20-10-11-6-3-4-7-12(11)21-14(15,16)17/h3-4,6-7H,5,8-10H2,1-2H3,(H2,18,19,20). The van der Waals surface area contributed by atoms with Crippen molar-refractivity contribution in [3.05, 3.63) is 29.8 Å². The second-order valence-corrected chi connectivity index (χ2v) is 5.34. The van der Waals surface area contributed by atoms with E-state index in [1.165, 1.54) is 12.1 Å². The van der Waals surface area contributed by atoms with Crippen LogP contribution < -0.4 is 15.4 Å². The van der Waals surface area contributed by atoms with E-state index in [0.29, 0.717) is 11.5 Å². The van der Waals surface area contributed by atoms with E-state index in [1.54, 1.807) is 30.9 Å². The SMILES string of the molecule is CN=C(NCCCSC)NCc1ccccc1OC(F)(F)F. The van der Waals surface area contributed by atoms with Gasteiger partial charge < -0.3 is 15.4 Å². The number of hydrogen-bond acceptors (Lipinski definition) is 3. The summed E-state index contributed by atoms with van der Waals surface area (Å²) in [4.78, 5) is 4.03. The van der Waals surface area contributed by atoms with Crippen LogP contribution in [0.3, 0.4) is 0 Å². The molecule has 8 heteroatoms. The number of nitrogens with zero attached hydrogens (tertiary/aromatic N) is 1. The van der Waals surface area contributed by atoms with E-state index >= 15 is 0 Å². The lowest BCUT2D eigenvalue weighted by Gasteiger charge is -2.15. The average molecular weight is 335 g/mol. The van der Waals surface area contributed by atoms with Gasteiger partial charge in [0.05, 0.1) is 0 Å². The highest BCUT2D eigenvalue weighted by molar-refractivity contribution is 7.98. The maximum atomic E-state index is 12.3. The first-order chi connectivity index (χ1) is 10.5. The van der Waals surface area contributed by atoms with Crippen LogP contribution >= 0.6 is 11.8 Å². The fourth-order valence-corrected chi connectivity index (χ4v) is 2.13. The molecule has 22 heavy (non-hydrogen) atoms. The molecule has 0 saturated carbocycles. The van der Waals surface area contributed by atoms with Gasteiger partial charge in [0.1, 0.15) is 5.75 Å². The van der Waals surface area contributed by atoms with Gasteiger partial charge >= 0.3 is 6.36 Å². The number of ether oxygens (including phenoxy) is 1. The van der Waals surface area contributed by atoms with Crippen LogP contribution in [-0.2, 0) is 6.54 Å².